The van der Waals surface area contributed by atoms with Gasteiger partial charge in [0.25, 0.3) is 0 Å². The molecule has 5 heteroatoms. The second-order valence-corrected chi connectivity index (χ2v) is 6.58. The molecule has 0 saturated carbocycles. The van der Waals surface area contributed by atoms with E-state index < -0.39 is 9.84 Å². The lowest BCUT2D eigenvalue weighted by molar-refractivity contribution is 0.0522. The van der Waals surface area contributed by atoms with Gasteiger partial charge in [0, 0.05) is 12.6 Å². The molecule has 0 spiro atoms. The Balaban J connectivity index is 1.96. The zero-order valence-electron chi connectivity index (χ0n) is 8.22. The molecule has 2 heterocycles. The minimum atomic E-state index is -2.79. The molecule has 0 unspecified atom stereocenters. The Morgan fingerprint density at radius 3 is 2.64 bits per heavy atom. The molecular formula is C9H17NO3S. The highest BCUT2D eigenvalue weighted by Crippen LogP contribution is 2.21. The summed E-state index contributed by atoms with van der Waals surface area (Å²) in [5, 5.41) is 9.48. The number of nitrogens with zero attached hydrogens (tertiary/aromatic N) is 1. The number of likely N-dealkylation sites (tertiary alicyclic amines) is 1. The van der Waals surface area contributed by atoms with Crippen molar-refractivity contribution in [3.8, 4) is 0 Å². The van der Waals surface area contributed by atoms with E-state index in [9.17, 15) is 13.5 Å². The fourth-order valence-electron chi connectivity index (χ4n) is 2.38. The molecule has 1 N–H and O–H groups in total. The van der Waals surface area contributed by atoms with E-state index in [1.54, 1.807) is 0 Å². The summed E-state index contributed by atoms with van der Waals surface area (Å²) in [6.45, 7) is 1.59. The summed E-state index contributed by atoms with van der Waals surface area (Å²) in [7, 11) is -2.79. The van der Waals surface area contributed by atoms with Gasteiger partial charge < -0.3 is 5.11 Å². The van der Waals surface area contributed by atoms with Gasteiger partial charge in [-0.3, -0.25) is 4.90 Å². The van der Waals surface area contributed by atoms with Gasteiger partial charge in [0.2, 0.25) is 0 Å². The first kappa shape index (κ1) is 10.4. The standard InChI is InChI=1S/C9H17NO3S/c11-9-2-1-4-10(6-9)8-3-5-14(12,13)7-8/h8-9,11H,1-7H2/t8-,9-/m0/s1. The van der Waals surface area contributed by atoms with Crippen molar-refractivity contribution >= 4 is 9.84 Å². The molecule has 2 aliphatic heterocycles. The lowest BCUT2D eigenvalue weighted by Crippen LogP contribution is -2.45. The Hall–Kier alpha value is -0.130. The maximum Gasteiger partial charge on any atom is 0.151 e. The van der Waals surface area contributed by atoms with Gasteiger partial charge in [-0.05, 0) is 25.8 Å². The van der Waals surface area contributed by atoms with Crippen LogP contribution in [-0.4, -0.2) is 55.2 Å². The van der Waals surface area contributed by atoms with Gasteiger partial charge in [-0.1, -0.05) is 0 Å². The summed E-state index contributed by atoms with van der Waals surface area (Å²) in [5.74, 6) is 0.615. The van der Waals surface area contributed by atoms with Crippen molar-refractivity contribution in [3.05, 3.63) is 0 Å². The van der Waals surface area contributed by atoms with Crippen LogP contribution in [0.5, 0.6) is 0 Å². The molecule has 0 amide bonds. The van der Waals surface area contributed by atoms with E-state index >= 15 is 0 Å². The third-order valence-corrected chi connectivity index (χ3v) is 4.90. The molecule has 14 heavy (non-hydrogen) atoms. The predicted molar refractivity (Wildman–Crippen MR) is 53.9 cm³/mol. The van der Waals surface area contributed by atoms with Crippen LogP contribution < -0.4 is 0 Å². The van der Waals surface area contributed by atoms with E-state index in [2.05, 4.69) is 4.90 Å². The minimum absolute atomic E-state index is 0.162. The largest absolute Gasteiger partial charge is 0.392 e. The first-order chi connectivity index (χ1) is 6.57. The molecule has 0 aromatic carbocycles. The third kappa shape index (κ3) is 2.27. The Kier molecular flexibility index (Phi) is 2.81. The van der Waals surface area contributed by atoms with E-state index in [1.165, 1.54) is 0 Å². The number of hydrogen-bond donors (Lipinski definition) is 1. The molecule has 2 rings (SSSR count). The number of sulfone groups is 1. The molecule has 0 bridgehead atoms. The highest BCUT2D eigenvalue weighted by Gasteiger charge is 2.33. The van der Waals surface area contributed by atoms with Crippen LogP contribution in [0.2, 0.25) is 0 Å². The van der Waals surface area contributed by atoms with Crippen LogP contribution in [0.3, 0.4) is 0 Å². The summed E-state index contributed by atoms with van der Waals surface area (Å²) in [6, 6.07) is 0.162. The number of aliphatic hydroxyl groups is 1. The second kappa shape index (κ2) is 3.79. The van der Waals surface area contributed by atoms with Crippen LogP contribution in [0.15, 0.2) is 0 Å². The van der Waals surface area contributed by atoms with Gasteiger partial charge in [0.05, 0.1) is 17.6 Å². The van der Waals surface area contributed by atoms with Crippen molar-refractivity contribution in [1.29, 1.82) is 0 Å². The summed E-state index contributed by atoms with van der Waals surface area (Å²) in [4.78, 5) is 2.14. The molecule has 2 aliphatic rings. The van der Waals surface area contributed by atoms with Crippen LogP contribution in [0.25, 0.3) is 0 Å². The molecule has 82 valence electrons. The zero-order valence-corrected chi connectivity index (χ0v) is 9.04. The Morgan fingerprint density at radius 2 is 2.07 bits per heavy atom. The maximum absolute atomic E-state index is 11.3. The van der Waals surface area contributed by atoms with Crippen molar-refractivity contribution < 1.29 is 13.5 Å². The van der Waals surface area contributed by atoms with Gasteiger partial charge in [-0.2, -0.15) is 0 Å². The third-order valence-electron chi connectivity index (χ3n) is 3.15. The van der Waals surface area contributed by atoms with Gasteiger partial charge in [0.1, 0.15) is 0 Å². The number of rotatable bonds is 1. The monoisotopic (exact) mass is 219 g/mol. The van der Waals surface area contributed by atoms with Gasteiger partial charge in [-0.15, -0.1) is 0 Å². The number of piperidine rings is 1. The topological polar surface area (TPSA) is 57.6 Å². The van der Waals surface area contributed by atoms with Crippen molar-refractivity contribution in [1.82, 2.24) is 4.90 Å². The summed E-state index contributed by atoms with van der Waals surface area (Å²) in [6.07, 6.45) is 2.33. The quantitative estimate of drug-likeness (QED) is 0.654. The van der Waals surface area contributed by atoms with Crippen molar-refractivity contribution in [3.63, 3.8) is 0 Å². The Morgan fingerprint density at radius 1 is 1.29 bits per heavy atom. The van der Waals surface area contributed by atoms with Crippen molar-refractivity contribution in [2.75, 3.05) is 24.6 Å². The molecule has 4 nitrogen and oxygen atoms in total. The SMILES string of the molecule is O=S1(=O)CC[C@H](N2CCC[C@H](O)C2)C1. The van der Waals surface area contributed by atoms with Crippen LogP contribution in [0, 0.1) is 0 Å². The average Bonchev–Trinajstić information content (AvgIpc) is 2.46. The van der Waals surface area contributed by atoms with E-state index in [1.807, 2.05) is 0 Å². The highest BCUT2D eigenvalue weighted by molar-refractivity contribution is 7.91. The lowest BCUT2D eigenvalue weighted by atomic mass is 10.1. The molecule has 0 aromatic rings. The van der Waals surface area contributed by atoms with E-state index in [4.69, 9.17) is 0 Å². The highest BCUT2D eigenvalue weighted by atomic mass is 32.2. The number of β-amino-alcohol motifs (C(OH)–C–C–N with tert-alkyl or cyclic N) is 1. The van der Waals surface area contributed by atoms with E-state index in [0.29, 0.717) is 18.1 Å². The minimum Gasteiger partial charge on any atom is -0.392 e. The fraction of sp³-hybridized carbons (Fsp3) is 1.00. The van der Waals surface area contributed by atoms with Crippen LogP contribution >= 0.6 is 0 Å². The molecule has 0 aliphatic carbocycles. The lowest BCUT2D eigenvalue weighted by Gasteiger charge is -2.34. The molecule has 2 atom stereocenters. The second-order valence-electron chi connectivity index (χ2n) is 4.35. The molecule has 2 fully saturated rings. The summed E-state index contributed by atoms with van der Waals surface area (Å²) < 4.78 is 22.6. The van der Waals surface area contributed by atoms with Gasteiger partial charge in [-0.25, -0.2) is 8.42 Å². The number of hydrogen-bond acceptors (Lipinski definition) is 4. The summed E-state index contributed by atoms with van der Waals surface area (Å²) >= 11 is 0. The average molecular weight is 219 g/mol. The normalized spacial score (nSPS) is 38.6. The molecule has 0 aromatic heterocycles. The summed E-state index contributed by atoms with van der Waals surface area (Å²) in [5.41, 5.74) is 0. The first-order valence-electron chi connectivity index (χ1n) is 5.19. The van der Waals surface area contributed by atoms with Crippen molar-refractivity contribution in [2.24, 2.45) is 0 Å². The molecular weight excluding hydrogens is 202 g/mol. The smallest absolute Gasteiger partial charge is 0.151 e. The molecule has 0 radical (unpaired) electrons. The van der Waals surface area contributed by atoms with E-state index in [0.717, 1.165) is 25.8 Å². The number of aliphatic hydroxyl groups excluding tert-OH is 1. The molecule has 2 saturated heterocycles. The van der Waals surface area contributed by atoms with Crippen LogP contribution in [0.4, 0.5) is 0 Å². The maximum atomic E-state index is 11.3. The zero-order chi connectivity index (χ0) is 10.2. The first-order valence-corrected chi connectivity index (χ1v) is 7.01. The fourth-order valence-corrected chi connectivity index (χ4v) is 4.14. The van der Waals surface area contributed by atoms with Gasteiger partial charge >= 0.3 is 0 Å². The van der Waals surface area contributed by atoms with Gasteiger partial charge in [0.15, 0.2) is 9.84 Å². The Bertz CT molecular complexity index is 301. The van der Waals surface area contributed by atoms with E-state index in [-0.39, 0.29) is 12.1 Å². The van der Waals surface area contributed by atoms with Crippen molar-refractivity contribution in [2.45, 2.75) is 31.4 Å². The Labute approximate surface area is 84.8 Å². The van der Waals surface area contributed by atoms with Crippen LogP contribution in [0.1, 0.15) is 19.3 Å². The predicted octanol–water partition coefficient (Wildman–Crippen LogP) is -0.370. The van der Waals surface area contributed by atoms with Crippen LogP contribution in [-0.2, 0) is 9.84 Å².